The summed E-state index contributed by atoms with van der Waals surface area (Å²) in [5, 5.41) is 12.9. The number of para-hydroxylation sites is 1. The minimum Gasteiger partial charge on any atom is -0.505 e. The zero-order valence-electron chi connectivity index (χ0n) is 11.2. The zero-order chi connectivity index (χ0) is 13.8. The van der Waals surface area contributed by atoms with E-state index >= 15 is 0 Å². The highest BCUT2D eigenvalue weighted by molar-refractivity contribution is 5.33. The van der Waals surface area contributed by atoms with Crippen LogP contribution in [0.1, 0.15) is 29.7 Å². The molecule has 0 unspecified atom stereocenters. The summed E-state index contributed by atoms with van der Waals surface area (Å²) in [6, 6.07) is 12.9. The number of phenols is 1. The number of aryl methyl sites for hydroxylation is 1. The second-order valence-corrected chi connectivity index (χ2v) is 4.76. The molecule has 100 valence electrons. The summed E-state index contributed by atoms with van der Waals surface area (Å²) in [6.07, 6.45) is 0. The number of nitrogens with one attached hydrogen (secondary N) is 1. The molecule has 0 aliphatic carbocycles. The lowest BCUT2D eigenvalue weighted by Crippen LogP contribution is -2.18. The molecule has 0 radical (unpaired) electrons. The van der Waals surface area contributed by atoms with E-state index in [2.05, 4.69) is 30.4 Å². The van der Waals surface area contributed by atoms with E-state index in [1.165, 1.54) is 17.2 Å². The lowest BCUT2D eigenvalue weighted by molar-refractivity contribution is 0.421. The van der Waals surface area contributed by atoms with Crippen LogP contribution in [-0.4, -0.2) is 5.11 Å². The van der Waals surface area contributed by atoms with Gasteiger partial charge in [-0.2, -0.15) is 0 Å². The first-order chi connectivity index (χ1) is 9.08. The van der Waals surface area contributed by atoms with Crippen molar-refractivity contribution in [3.05, 3.63) is 65.0 Å². The first-order valence-electron chi connectivity index (χ1n) is 6.34. The molecule has 0 aromatic heterocycles. The Kier molecular flexibility index (Phi) is 4.17. The molecule has 2 rings (SSSR count). The molecule has 2 aromatic carbocycles. The summed E-state index contributed by atoms with van der Waals surface area (Å²) in [5.41, 5.74) is 2.95. The third kappa shape index (κ3) is 3.32. The Morgan fingerprint density at radius 1 is 1.21 bits per heavy atom. The number of hydrogen-bond donors (Lipinski definition) is 2. The SMILES string of the molecule is Cc1cccc([C@H](C)NCc2cccc(F)c2O)c1. The van der Waals surface area contributed by atoms with Crippen molar-refractivity contribution in [3.63, 3.8) is 0 Å². The topological polar surface area (TPSA) is 32.3 Å². The van der Waals surface area contributed by atoms with Gasteiger partial charge in [0.05, 0.1) is 0 Å². The van der Waals surface area contributed by atoms with E-state index in [-0.39, 0.29) is 11.8 Å². The first-order valence-corrected chi connectivity index (χ1v) is 6.34. The van der Waals surface area contributed by atoms with Crippen molar-refractivity contribution in [1.29, 1.82) is 0 Å². The van der Waals surface area contributed by atoms with Crippen LogP contribution in [0.15, 0.2) is 42.5 Å². The zero-order valence-corrected chi connectivity index (χ0v) is 11.2. The van der Waals surface area contributed by atoms with E-state index in [4.69, 9.17) is 0 Å². The van der Waals surface area contributed by atoms with E-state index in [1.54, 1.807) is 12.1 Å². The number of phenolic OH excluding ortho intramolecular Hbond substituents is 1. The normalized spacial score (nSPS) is 12.4. The molecule has 0 saturated heterocycles. The molecule has 0 spiro atoms. The van der Waals surface area contributed by atoms with Crippen molar-refractivity contribution in [3.8, 4) is 5.75 Å². The molecule has 3 heteroatoms. The van der Waals surface area contributed by atoms with Crippen LogP contribution in [0.3, 0.4) is 0 Å². The van der Waals surface area contributed by atoms with Crippen LogP contribution in [0.25, 0.3) is 0 Å². The molecule has 0 bridgehead atoms. The summed E-state index contributed by atoms with van der Waals surface area (Å²) in [6.45, 7) is 4.53. The molecule has 0 amide bonds. The molecular weight excluding hydrogens is 241 g/mol. The van der Waals surface area contributed by atoms with Gasteiger partial charge in [0, 0.05) is 18.2 Å². The van der Waals surface area contributed by atoms with Gasteiger partial charge in [-0.05, 0) is 25.5 Å². The highest BCUT2D eigenvalue weighted by atomic mass is 19.1. The Morgan fingerprint density at radius 3 is 2.68 bits per heavy atom. The second kappa shape index (κ2) is 5.85. The Morgan fingerprint density at radius 2 is 1.95 bits per heavy atom. The maximum Gasteiger partial charge on any atom is 0.165 e. The molecule has 2 aromatic rings. The molecule has 0 fully saturated rings. The Hall–Kier alpha value is -1.87. The third-order valence-electron chi connectivity index (χ3n) is 3.21. The summed E-state index contributed by atoms with van der Waals surface area (Å²) in [7, 11) is 0. The van der Waals surface area contributed by atoms with Gasteiger partial charge in [-0.15, -0.1) is 0 Å². The van der Waals surface area contributed by atoms with Crippen LogP contribution in [0.4, 0.5) is 4.39 Å². The molecular formula is C16H18FNO. The molecule has 0 saturated carbocycles. The Balaban J connectivity index is 2.04. The van der Waals surface area contributed by atoms with Crippen molar-refractivity contribution in [2.45, 2.75) is 26.4 Å². The van der Waals surface area contributed by atoms with Crippen LogP contribution >= 0.6 is 0 Å². The molecule has 1 atom stereocenters. The number of aromatic hydroxyl groups is 1. The molecule has 0 aliphatic heterocycles. The van der Waals surface area contributed by atoms with Crippen LogP contribution < -0.4 is 5.32 Å². The van der Waals surface area contributed by atoms with E-state index in [0.717, 1.165) is 0 Å². The van der Waals surface area contributed by atoms with Crippen molar-refractivity contribution < 1.29 is 9.50 Å². The van der Waals surface area contributed by atoms with Gasteiger partial charge >= 0.3 is 0 Å². The van der Waals surface area contributed by atoms with Crippen LogP contribution in [0.5, 0.6) is 5.75 Å². The molecule has 2 N–H and O–H groups in total. The largest absolute Gasteiger partial charge is 0.505 e. The monoisotopic (exact) mass is 259 g/mol. The third-order valence-corrected chi connectivity index (χ3v) is 3.21. The molecule has 0 aliphatic rings. The minimum absolute atomic E-state index is 0.141. The number of rotatable bonds is 4. The average molecular weight is 259 g/mol. The summed E-state index contributed by atoms with van der Waals surface area (Å²) in [5.74, 6) is -0.853. The van der Waals surface area contributed by atoms with E-state index in [0.29, 0.717) is 12.1 Å². The summed E-state index contributed by atoms with van der Waals surface area (Å²) >= 11 is 0. The molecule has 0 heterocycles. The van der Waals surface area contributed by atoms with Gasteiger partial charge in [0.2, 0.25) is 0 Å². The highest BCUT2D eigenvalue weighted by Crippen LogP contribution is 2.21. The van der Waals surface area contributed by atoms with Crippen LogP contribution in [0, 0.1) is 12.7 Å². The van der Waals surface area contributed by atoms with Gasteiger partial charge in [-0.25, -0.2) is 4.39 Å². The predicted molar refractivity (Wildman–Crippen MR) is 74.5 cm³/mol. The summed E-state index contributed by atoms with van der Waals surface area (Å²) < 4.78 is 13.2. The fraction of sp³-hybridized carbons (Fsp3) is 0.250. The number of benzene rings is 2. The second-order valence-electron chi connectivity index (χ2n) is 4.76. The highest BCUT2D eigenvalue weighted by Gasteiger charge is 2.09. The van der Waals surface area contributed by atoms with Crippen molar-refractivity contribution in [2.24, 2.45) is 0 Å². The molecule has 19 heavy (non-hydrogen) atoms. The maximum atomic E-state index is 13.2. The number of hydrogen-bond acceptors (Lipinski definition) is 2. The van der Waals surface area contributed by atoms with Crippen molar-refractivity contribution in [1.82, 2.24) is 5.32 Å². The maximum absolute atomic E-state index is 13.2. The molecule has 2 nitrogen and oxygen atoms in total. The number of halogens is 1. The van der Waals surface area contributed by atoms with Gasteiger partial charge in [-0.3, -0.25) is 0 Å². The predicted octanol–water partition coefficient (Wildman–Crippen LogP) is 3.69. The summed E-state index contributed by atoms with van der Waals surface area (Å²) in [4.78, 5) is 0. The Labute approximate surface area is 112 Å². The van der Waals surface area contributed by atoms with Crippen LogP contribution in [-0.2, 0) is 6.54 Å². The average Bonchev–Trinajstić information content (AvgIpc) is 2.40. The lowest BCUT2D eigenvalue weighted by Gasteiger charge is -2.15. The van der Waals surface area contributed by atoms with Crippen molar-refractivity contribution in [2.75, 3.05) is 0 Å². The fourth-order valence-corrected chi connectivity index (χ4v) is 2.02. The Bertz CT molecular complexity index is 568. The van der Waals surface area contributed by atoms with Crippen LogP contribution in [0.2, 0.25) is 0 Å². The van der Waals surface area contributed by atoms with Crippen molar-refractivity contribution >= 4 is 0 Å². The smallest absolute Gasteiger partial charge is 0.165 e. The van der Waals surface area contributed by atoms with Gasteiger partial charge in [0.25, 0.3) is 0 Å². The van der Waals surface area contributed by atoms with Gasteiger partial charge < -0.3 is 10.4 Å². The fourth-order valence-electron chi connectivity index (χ4n) is 2.02. The quantitative estimate of drug-likeness (QED) is 0.877. The van der Waals surface area contributed by atoms with Gasteiger partial charge in [0.1, 0.15) is 0 Å². The first kappa shape index (κ1) is 13.6. The van der Waals surface area contributed by atoms with E-state index in [9.17, 15) is 9.50 Å². The van der Waals surface area contributed by atoms with Gasteiger partial charge in [-0.1, -0.05) is 42.0 Å². The van der Waals surface area contributed by atoms with Gasteiger partial charge in [0.15, 0.2) is 11.6 Å². The minimum atomic E-state index is -0.581. The lowest BCUT2D eigenvalue weighted by atomic mass is 10.1. The van der Waals surface area contributed by atoms with E-state index in [1.807, 2.05) is 13.0 Å². The standard InChI is InChI=1S/C16H18FNO/c1-11-5-3-6-13(9-11)12(2)18-10-14-7-4-8-15(17)16(14)19/h3-9,12,18-19H,10H2,1-2H3/t12-/m0/s1. The van der Waals surface area contributed by atoms with E-state index < -0.39 is 5.82 Å².